The van der Waals surface area contributed by atoms with Crippen LogP contribution in [-0.4, -0.2) is 16.3 Å². The minimum atomic E-state index is -0.888. The third kappa shape index (κ3) is 2.19. The van der Waals surface area contributed by atoms with Gasteiger partial charge in [0.25, 0.3) is 0 Å². The molecule has 4 rings (SSSR count). The lowest BCUT2D eigenvalue weighted by molar-refractivity contribution is -0.163. The minimum absolute atomic E-state index is 0.115. The maximum atomic E-state index is 11.4. The Morgan fingerprint density at radius 1 is 1.13 bits per heavy atom. The van der Waals surface area contributed by atoms with E-state index < -0.39 is 11.2 Å². The summed E-state index contributed by atoms with van der Waals surface area (Å²) < 4.78 is 11.5. The molecule has 122 valence electrons. The number of rotatable bonds is 0. The Kier molecular flexibility index (Phi) is 2.81. The number of aliphatic hydroxyl groups is 1. The molecule has 4 heteroatoms. The zero-order chi connectivity index (χ0) is 16.5. The summed E-state index contributed by atoms with van der Waals surface area (Å²) in [6.07, 6.45) is 3.25. The predicted octanol–water partition coefficient (Wildman–Crippen LogP) is 3.43. The van der Waals surface area contributed by atoms with Crippen LogP contribution in [-0.2, 0) is 6.42 Å². The van der Waals surface area contributed by atoms with E-state index in [1.807, 2.05) is 13.0 Å². The molecule has 1 saturated carbocycles. The molecule has 0 saturated heterocycles. The monoisotopic (exact) mass is 314 g/mol. The fourth-order valence-corrected chi connectivity index (χ4v) is 4.36. The first-order valence-electron chi connectivity index (χ1n) is 8.18. The normalized spacial score (nSPS) is 32.0. The molecule has 1 N–H and O–H groups in total. The number of hydrogen-bond acceptors (Lipinski definition) is 4. The molecule has 0 radical (unpaired) electrons. The Morgan fingerprint density at radius 3 is 2.65 bits per heavy atom. The van der Waals surface area contributed by atoms with Gasteiger partial charge in [-0.1, -0.05) is 13.8 Å². The van der Waals surface area contributed by atoms with Crippen molar-refractivity contribution in [3.8, 4) is 5.75 Å². The van der Waals surface area contributed by atoms with Crippen LogP contribution in [0.5, 0.6) is 5.75 Å². The van der Waals surface area contributed by atoms with Gasteiger partial charge in [-0.15, -0.1) is 0 Å². The number of fused-ring (bicyclic) bond motifs is 2. The first kappa shape index (κ1) is 14.8. The van der Waals surface area contributed by atoms with Crippen LogP contribution in [0.3, 0.4) is 0 Å². The lowest BCUT2D eigenvalue weighted by Crippen LogP contribution is -2.60. The van der Waals surface area contributed by atoms with Crippen LogP contribution < -0.4 is 10.4 Å². The summed E-state index contributed by atoms with van der Waals surface area (Å²) in [5, 5.41) is 12.0. The van der Waals surface area contributed by atoms with Crippen molar-refractivity contribution < 1.29 is 14.3 Å². The lowest BCUT2D eigenvalue weighted by Gasteiger charge is -2.51. The molecule has 0 bridgehead atoms. The van der Waals surface area contributed by atoms with Crippen LogP contribution in [0.1, 0.15) is 45.6 Å². The smallest absolute Gasteiger partial charge is 0.336 e. The zero-order valence-corrected chi connectivity index (χ0v) is 13.8. The van der Waals surface area contributed by atoms with Crippen molar-refractivity contribution in [2.24, 2.45) is 5.41 Å². The predicted molar refractivity (Wildman–Crippen MR) is 87.8 cm³/mol. The molecular formula is C19H22O4. The van der Waals surface area contributed by atoms with Crippen LogP contribution in [0.25, 0.3) is 11.0 Å². The molecule has 2 aliphatic rings. The van der Waals surface area contributed by atoms with E-state index in [9.17, 15) is 9.90 Å². The van der Waals surface area contributed by atoms with E-state index in [1.165, 1.54) is 6.07 Å². The summed E-state index contributed by atoms with van der Waals surface area (Å²) in [6.45, 7) is 6.28. The lowest BCUT2D eigenvalue weighted by atomic mass is 9.62. The van der Waals surface area contributed by atoms with Crippen LogP contribution in [0.4, 0.5) is 0 Å². The molecule has 2 heterocycles. The van der Waals surface area contributed by atoms with Gasteiger partial charge in [0.05, 0.1) is 0 Å². The second kappa shape index (κ2) is 4.38. The molecule has 1 aliphatic carbocycles. The van der Waals surface area contributed by atoms with Gasteiger partial charge in [0.15, 0.2) is 0 Å². The Labute approximate surface area is 135 Å². The average Bonchev–Trinajstić information content (AvgIpc) is 2.79. The molecule has 1 spiro atoms. The van der Waals surface area contributed by atoms with Crippen molar-refractivity contribution in [3.63, 3.8) is 0 Å². The molecular weight excluding hydrogens is 292 g/mol. The average molecular weight is 314 g/mol. The topological polar surface area (TPSA) is 59.7 Å². The highest BCUT2D eigenvalue weighted by molar-refractivity contribution is 5.80. The van der Waals surface area contributed by atoms with Crippen LogP contribution in [0.15, 0.2) is 33.5 Å². The number of benzene rings is 1. The van der Waals surface area contributed by atoms with Crippen LogP contribution in [0.2, 0.25) is 0 Å². The number of hydrogen-bond donors (Lipinski definition) is 1. The largest absolute Gasteiger partial charge is 0.484 e. The van der Waals surface area contributed by atoms with Gasteiger partial charge in [-0.3, -0.25) is 0 Å². The van der Waals surface area contributed by atoms with Gasteiger partial charge < -0.3 is 14.3 Å². The summed E-state index contributed by atoms with van der Waals surface area (Å²) in [7, 11) is 0. The molecule has 4 nitrogen and oxygen atoms in total. The molecule has 2 atom stereocenters. The van der Waals surface area contributed by atoms with Crippen molar-refractivity contribution >= 4 is 11.0 Å². The molecule has 1 fully saturated rings. The van der Waals surface area contributed by atoms with Crippen molar-refractivity contribution in [1.29, 1.82) is 0 Å². The Hall–Kier alpha value is -1.81. The Bertz CT molecular complexity index is 846. The van der Waals surface area contributed by atoms with Crippen molar-refractivity contribution in [1.82, 2.24) is 0 Å². The molecule has 23 heavy (non-hydrogen) atoms. The van der Waals surface area contributed by atoms with E-state index in [0.29, 0.717) is 18.4 Å². The molecule has 0 amide bonds. The van der Waals surface area contributed by atoms with Gasteiger partial charge in [0.1, 0.15) is 22.5 Å². The van der Waals surface area contributed by atoms with Gasteiger partial charge in [0.2, 0.25) is 0 Å². The fourth-order valence-electron chi connectivity index (χ4n) is 4.36. The van der Waals surface area contributed by atoms with E-state index >= 15 is 0 Å². The summed E-state index contributed by atoms with van der Waals surface area (Å²) >= 11 is 0. The molecule has 1 aromatic heterocycles. The van der Waals surface area contributed by atoms with E-state index in [1.54, 1.807) is 12.1 Å². The molecule has 2 aromatic rings. The van der Waals surface area contributed by atoms with E-state index in [-0.39, 0.29) is 11.0 Å². The third-order valence-corrected chi connectivity index (χ3v) is 5.59. The van der Waals surface area contributed by atoms with E-state index in [4.69, 9.17) is 9.15 Å². The second-order valence-electron chi connectivity index (χ2n) is 8.14. The first-order valence-corrected chi connectivity index (χ1v) is 8.18. The van der Waals surface area contributed by atoms with E-state index in [2.05, 4.69) is 13.8 Å². The fraction of sp³-hybridized carbons (Fsp3) is 0.526. The van der Waals surface area contributed by atoms with Gasteiger partial charge in [-0.25, -0.2) is 4.79 Å². The summed E-state index contributed by atoms with van der Waals surface area (Å²) in [5.41, 5.74) is -0.111. The highest BCUT2D eigenvalue weighted by atomic mass is 16.5. The summed E-state index contributed by atoms with van der Waals surface area (Å²) in [4.78, 5) is 11.4. The highest BCUT2D eigenvalue weighted by Crippen LogP contribution is 2.53. The summed E-state index contributed by atoms with van der Waals surface area (Å²) in [5.74, 6) is 0.729. The van der Waals surface area contributed by atoms with Crippen molar-refractivity contribution in [2.75, 3.05) is 0 Å². The van der Waals surface area contributed by atoms with Gasteiger partial charge in [-0.05, 0) is 49.3 Å². The highest BCUT2D eigenvalue weighted by Gasteiger charge is 2.57. The van der Waals surface area contributed by atoms with Gasteiger partial charge in [0, 0.05) is 23.9 Å². The van der Waals surface area contributed by atoms with Crippen molar-refractivity contribution in [3.05, 3.63) is 40.2 Å². The number of ether oxygens (including phenoxy) is 1. The third-order valence-electron chi connectivity index (χ3n) is 5.59. The van der Waals surface area contributed by atoms with Gasteiger partial charge >= 0.3 is 5.63 Å². The second-order valence-corrected chi connectivity index (χ2v) is 8.14. The maximum absolute atomic E-state index is 11.4. The van der Waals surface area contributed by atoms with Crippen molar-refractivity contribution in [2.45, 2.75) is 57.7 Å². The van der Waals surface area contributed by atoms with Gasteiger partial charge in [-0.2, -0.15) is 0 Å². The molecule has 1 aromatic carbocycles. The maximum Gasteiger partial charge on any atom is 0.336 e. The molecule has 0 unspecified atom stereocenters. The summed E-state index contributed by atoms with van der Waals surface area (Å²) in [6, 6.07) is 7.00. The minimum Gasteiger partial charge on any atom is -0.484 e. The molecule has 1 aliphatic heterocycles. The van der Waals surface area contributed by atoms with Crippen LogP contribution in [0, 0.1) is 5.41 Å². The zero-order valence-electron chi connectivity index (χ0n) is 13.8. The van der Waals surface area contributed by atoms with Crippen LogP contribution >= 0.6 is 0 Å². The first-order chi connectivity index (χ1) is 10.7. The quantitative estimate of drug-likeness (QED) is 0.757. The SMILES string of the molecule is CC1(C)CC[C@]2(Cc3cc4ccc(=O)oc4cc3O2)[C@](C)(O)C1. The van der Waals surface area contributed by atoms with E-state index in [0.717, 1.165) is 29.5 Å². The Balaban J connectivity index is 1.77. The Morgan fingerprint density at radius 2 is 1.91 bits per heavy atom. The standard InChI is InChI=1S/C19H22O4/c1-17(2)6-7-19(18(3,21)11-17)10-13-8-12-4-5-16(20)22-14(12)9-15(13)23-19/h4-5,8-9,21H,6-7,10-11H2,1-3H3/t18-,19+/m1/s1.